The molecule has 1 saturated carbocycles. The van der Waals surface area contributed by atoms with Crippen molar-refractivity contribution < 1.29 is 38.7 Å². The predicted octanol–water partition coefficient (Wildman–Crippen LogP) is 8.15. The van der Waals surface area contributed by atoms with Crippen molar-refractivity contribution in [1.29, 1.82) is 0 Å². The van der Waals surface area contributed by atoms with E-state index in [2.05, 4.69) is 24.3 Å². The molecule has 8 nitrogen and oxygen atoms in total. The van der Waals surface area contributed by atoms with Crippen molar-refractivity contribution in [3.05, 3.63) is 124 Å². The van der Waals surface area contributed by atoms with E-state index in [0.29, 0.717) is 43.6 Å². The van der Waals surface area contributed by atoms with E-state index in [9.17, 15) is 19.8 Å². The highest BCUT2D eigenvalue weighted by Crippen LogP contribution is 2.60. The van der Waals surface area contributed by atoms with Gasteiger partial charge in [0.2, 0.25) is 0 Å². The number of carbonyl (C=O) groups excluding carboxylic acids is 2. The highest BCUT2D eigenvalue weighted by Gasteiger charge is 2.56. The molecule has 8 heteroatoms. The zero-order valence-electron chi connectivity index (χ0n) is 30.6. The molecule has 4 aromatic rings. The molecular formula is C45H48O8. The molecule has 0 bridgehead atoms. The summed E-state index contributed by atoms with van der Waals surface area (Å²) >= 11 is 0. The number of hydrogen-bond donors (Lipinski definition) is 2. The predicted molar refractivity (Wildman–Crippen MR) is 202 cm³/mol. The van der Waals surface area contributed by atoms with Crippen LogP contribution in [0.3, 0.4) is 0 Å². The summed E-state index contributed by atoms with van der Waals surface area (Å²) in [7, 11) is 3.10. The Morgan fingerprint density at radius 3 is 2.19 bits per heavy atom. The molecule has 0 amide bonds. The molecule has 2 N–H and O–H groups in total. The van der Waals surface area contributed by atoms with Crippen LogP contribution in [-0.2, 0) is 44.7 Å². The van der Waals surface area contributed by atoms with Gasteiger partial charge < -0.3 is 29.2 Å². The Balaban J connectivity index is 1.38. The van der Waals surface area contributed by atoms with Gasteiger partial charge in [0.1, 0.15) is 12.2 Å². The van der Waals surface area contributed by atoms with Gasteiger partial charge in [0.25, 0.3) is 0 Å². The number of phenols is 2. The lowest BCUT2D eigenvalue weighted by atomic mass is 9.49. The molecule has 0 aliphatic heterocycles. The van der Waals surface area contributed by atoms with Gasteiger partial charge in [0, 0.05) is 31.1 Å². The van der Waals surface area contributed by atoms with E-state index in [0.717, 1.165) is 46.2 Å². The fourth-order valence-electron chi connectivity index (χ4n) is 9.46. The number of ether oxygens (including phenoxy) is 4. The van der Waals surface area contributed by atoms with Crippen LogP contribution in [0.5, 0.6) is 23.0 Å². The van der Waals surface area contributed by atoms with Crippen molar-refractivity contribution in [2.45, 2.75) is 76.4 Å². The monoisotopic (exact) mass is 716 g/mol. The number of carbonyl (C=O) groups is 2. The van der Waals surface area contributed by atoms with E-state index < -0.39 is 17.6 Å². The average Bonchev–Trinajstić information content (AvgIpc) is 3.15. The number of phenolic OH excluding ortho intramolecular Hbond substituents is 2. The third kappa shape index (κ3) is 7.50. The number of methoxy groups -OCH3 is 2. The van der Waals surface area contributed by atoms with E-state index in [1.807, 2.05) is 72.8 Å². The second kappa shape index (κ2) is 15.4. The Hall–Kier alpha value is -5.24. The third-order valence-corrected chi connectivity index (χ3v) is 11.8. The molecule has 0 saturated heterocycles. The number of hydrogen-bond acceptors (Lipinski definition) is 8. The Morgan fingerprint density at radius 2 is 1.49 bits per heavy atom. The van der Waals surface area contributed by atoms with Crippen molar-refractivity contribution >= 4 is 18.0 Å². The quantitative estimate of drug-likeness (QED) is 0.167. The van der Waals surface area contributed by atoms with Crippen LogP contribution in [0.4, 0.5) is 0 Å². The van der Waals surface area contributed by atoms with Crippen molar-refractivity contribution in [3.63, 3.8) is 0 Å². The largest absolute Gasteiger partial charge is 0.504 e. The Bertz CT molecular complexity index is 1970. The summed E-state index contributed by atoms with van der Waals surface area (Å²) in [6.07, 6.45) is 7.72. The summed E-state index contributed by atoms with van der Waals surface area (Å²) in [5.74, 6) is 0.0261. The van der Waals surface area contributed by atoms with Gasteiger partial charge in [-0.2, -0.15) is 0 Å². The summed E-state index contributed by atoms with van der Waals surface area (Å²) in [5, 5.41) is 21.9. The van der Waals surface area contributed by atoms with Crippen LogP contribution in [0.1, 0.15) is 71.9 Å². The second-order valence-corrected chi connectivity index (χ2v) is 14.8. The van der Waals surface area contributed by atoms with Crippen LogP contribution in [0, 0.1) is 17.3 Å². The summed E-state index contributed by atoms with van der Waals surface area (Å²) in [6.45, 7) is 1.44. The lowest BCUT2D eigenvalue weighted by Gasteiger charge is -2.56. The molecule has 0 radical (unpaired) electrons. The first-order valence-corrected chi connectivity index (χ1v) is 18.6. The van der Waals surface area contributed by atoms with Crippen molar-refractivity contribution in [2.75, 3.05) is 14.2 Å². The molecule has 0 aromatic heterocycles. The van der Waals surface area contributed by atoms with Crippen LogP contribution in [0.25, 0.3) is 6.08 Å². The molecule has 1 fully saturated rings. The van der Waals surface area contributed by atoms with Gasteiger partial charge in [-0.1, -0.05) is 72.8 Å². The van der Waals surface area contributed by atoms with Gasteiger partial charge in [-0.25, -0.2) is 0 Å². The van der Waals surface area contributed by atoms with Gasteiger partial charge in [-0.3, -0.25) is 9.59 Å². The molecule has 3 aliphatic carbocycles. The van der Waals surface area contributed by atoms with Crippen molar-refractivity contribution in [3.8, 4) is 23.0 Å². The van der Waals surface area contributed by atoms with Gasteiger partial charge in [0.15, 0.2) is 23.0 Å². The maximum Gasteiger partial charge on any atom is 0.306 e. The van der Waals surface area contributed by atoms with Gasteiger partial charge in [0.05, 0.1) is 14.2 Å². The molecule has 276 valence electrons. The maximum absolute atomic E-state index is 13.6. The molecule has 3 aliphatic rings. The average molecular weight is 717 g/mol. The molecule has 53 heavy (non-hydrogen) atoms. The normalized spacial score (nSPS) is 24.7. The zero-order chi connectivity index (χ0) is 37.1. The number of esters is 2. The Kier molecular flexibility index (Phi) is 10.5. The number of fused-ring (bicyclic) bond motifs is 6. The van der Waals surface area contributed by atoms with Gasteiger partial charge >= 0.3 is 11.9 Å². The summed E-state index contributed by atoms with van der Waals surface area (Å²) < 4.78 is 23.9. The Morgan fingerprint density at radius 1 is 0.811 bits per heavy atom. The highest BCUT2D eigenvalue weighted by atomic mass is 16.6. The van der Waals surface area contributed by atoms with Crippen LogP contribution in [0.15, 0.2) is 91.0 Å². The minimum Gasteiger partial charge on any atom is -0.504 e. The van der Waals surface area contributed by atoms with Crippen LogP contribution >= 0.6 is 0 Å². The molecule has 7 rings (SSSR count). The Labute approximate surface area is 311 Å². The minimum atomic E-state index is -0.565. The number of aromatic hydroxyl groups is 2. The number of benzene rings is 4. The molecule has 0 heterocycles. The fraction of sp³-hybridized carbons (Fsp3) is 0.378. The lowest BCUT2D eigenvalue weighted by Crippen LogP contribution is -2.54. The number of rotatable bonds is 9. The first-order chi connectivity index (χ1) is 25.7. The SMILES string of the molecule is COc1cc2c(cc1O)CC1(C=Cc3ccccc3)C(C2)C(OC(C)=O)CC(OC(=O)CCc2ccccc2)CC2c3cc(OC)c(O)cc3CCC21. The van der Waals surface area contributed by atoms with Crippen LogP contribution in [0.2, 0.25) is 0 Å². The van der Waals surface area contributed by atoms with Crippen molar-refractivity contribution in [2.24, 2.45) is 17.3 Å². The lowest BCUT2D eigenvalue weighted by molar-refractivity contribution is -0.164. The minimum absolute atomic E-state index is 0.00971. The van der Waals surface area contributed by atoms with Gasteiger partial charge in [-0.05, 0) is 108 Å². The van der Waals surface area contributed by atoms with E-state index in [4.69, 9.17) is 18.9 Å². The maximum atomic E-state index is 13.6. The van der Waals surface area contributed by atoms with Gasteiger partial charge in [-0.15, -0.1) is 0 Å². The smallest absolute Gasteiger partial charge is 0.306 e. The standard InChI is InChI=1S/C45H48O8/c1-28(46)52-41-25-34(53-44(49)17-14-29-10-6-4-7-11-29)24-36-35-26-43(51-3)39(47)21-31(35)15-16-37(36)45(19-18-30-12-8-5-9-13-30)27-33-22-40(48)42(50-2)23-32(33)20-38(41)45/h4-13,18-19,21-23,26,34,36-38,41,47-48H,14-17,20,24-25,27H2,1-3H3. The first-order valence-electron chi connectivity index (χ1n) is 18.6. The first kappa shape index (κ1) is 36.1. The summed E-state index contributed by atoms with van der Waals surface area (Å²) in [4.78, 5) is 26.6. The highest BCUT2D eigenvalue weighted by molar-refractivity contribution is 5.70. The van der Waals surface area contributed by atoms with Crippen LogP contribution in [-0.4, -0.2) is 48.6 Å². The van der Waals surface area contributed by atoms with Crippen LogP contribution < -0.4 is 9.47 Å². The third-order valence-electron chi connectivity index (χ3n) is 11.8. The molecular weight excluding hydrogens is 668 g/mol. The summed E-state index contributed by atoms with van der Waals surface area (Å²) in [6, 6.07) is 27.6. The molecule has 0 spiro atoms. The van der Waals surface area contributed by atoms with E-state index in [1.54, 1.807) is 14.2 Å². The number of allylic oxidation sites excluding steroid dienone is 1. The van der Waals surface area contributed by atoms with E-state index >= 15 is 0 Å². The number of aryl methyl sites for hydroxylation is 2. The summed E-state index contributed by atoms with van der Waals surface area (Å²) in [5.41, 5.74) is 5.75. The second-order valence-electron chi connectivity index (χ2n) is 14.8. The van der Waals surface area contributed by atoms with E-state index in [1.165, 1.54) is 6.92 Å². The topological polar surface area (TPSA) is 112 Å². The van der Waals surface area contributed by atoms with Crippen molar-refractivity contribution in [1.82, 2.24) is 0 Å². The molecule has 6 atom stereocenters. The van der Waals surface area contributed by atoms with E-state index in [-0.39, 0.29) is 47.6 Å². The molecule has 4 aromatic carbocycles. The molecule has 6 unspecified atom stereocenters. The zero-order valence-corrected chi connectivity index (χ0v) is 30.6. The fourth-order valence-corrected chi connectivity index (χ4v) is 9.46.